The molecule has 0 bridgehead atoms. The zero-order chi connectivity index (χ0) is 19.0. The lowest BCUT2D eigenvalue weighted by Crippen LogP contribution is -2.51. The number of nitrogens with one attached hydrogen (secondary N) is 1. The summed E-state index contributed by atoms with van der Waals surface area (Å²) in [6.07, 6.45) is 4.71. The Morgan fingerprint density at radius 3 is 2.42 bits per heavy atom. The number of ether oxygens (including phenoxy) is 1. The monoisotopic (exact) mass is 361 g/mol. The van der Waals surface area contributed by atoms with Gasteiger partial charge in [0.25, 0.3) is 0 Å². The molecule has 0 spiro atoms. The second-order valence-electron chi connectivity index (χ2n) is 6.85. The van der Waals surface area contributed by atoms with Crippen LogP contribution >= 0.6 is 0 Å². The molecule has 6 heteroatoms. The highest BCUT2D eigenvalue weighted by atomic mass is 16.5. The van der Waals surface area contributed by atoms with E-state index in [1.54, 1.807) is 12.1 Å². The van der Waals surface area contributed by atoms with Crippen LogP contribution in [0.25, 0.3) is 0 Å². The largest absolute Gasteiger partial charge is 0.478 e. The quantitative estimate of drug-likeness (QED) is 0.439. The first-order valence-electron chi connectivity index (χ1n) is 8.96. The molecule has 1 saturated carbocycles. The van der Waals surface area contributed by atoms with Crippen LogP contribution in [0.1, 0.15) is 45.4 Å². The van der Waals surface area contributed by atoms with Crippen molar-refractivity contribution in [1.29, 1.82) is 0 Å². The van der Waals surface area contributed by atoms with Gasteiger partial charge in [-0.1, -0.05) is 49.3 Å². The molecule has 0 aliphatic heterocycles. The zero-order valence-electron chi connectivity index (χ0n) is 15.1. The van der Waals surface area contributed by atoms with Gasteiger partial charge in [0, 0.05) is 12.8 Å². The Labute approximate surface area is 154 Å². The van der Waals surface area contributed by atoms with E-state index in [2.05, 4.69) is 17.2 Å². The van der Waals surface area contributed by atoms with Crippen LogP contribution in [0.15, 0.2) is 30.3 Å². The summed E-state index contributed by atoms with van der Waals surface area (Å²) in [4.78, 5) is 12.3. The van der Waals surface area contributed by atoms with Crippen LogP contribution in [0, 0.1) is 17.8 Å². The van der Waals surface area contributed by atoms with Gasteiger partial charge in [0.15, 0.2) is 0 Å². The molecule has 4 N–H and O–H groups in total. The fourth-order valence-electron chi connectivity index (χ4n) is 3.29. The summed E-state index contributed by atoms with van der Waals surface area (Å²) >= 11 is 0. The number of carboxylic acids is 1. The smallest absolute Gasteiger partial charge is 0.349 e. The lowest BCUT2D eigenvalue weighted by atomic mass is 9.75. The molecular weight excluding hydrogens is 334 g/mol. The van der Waals surface area contributed by atoms with E-state index in [1.807, 2.05) is 18.2 Å². The molecule has 1 aliphatic rings. The van der Waals surface area contributed by atoms with Crippen molar-refractivity contribution in [2.24, 2.45) is 5.92 Å². The lowest BCUT2D eigenvalue weighted by Gasteiger charge is -2.38. The van der Waals surface area contributed by atoms with Gasteiger partial charge in [-0.2, -0.15) is 0 Å². The van der Waals surface area contributed by atoms with Crippen molar-refractivity contribution >= 4 is 5.97 Å². The van der Waals surface area contributed by atoms with Crippen molar-refractivity contribution in [2.45, 2.75) is 57.0 Å². The molecule has 2 rings (SSSR count). The number of aliphatic hydroxyl groups is 2. The molecule has 0 aromatic heterocycles. The van der Waals surface area contributed by atoms with Crippen LogP contribution in [-0.2, 0) is 4.79 Å². The SMILES string of the molecule is CC(O)(O)NCC#CC[C@@](Oc1ccccc1)(C(=O)O)C1CCCCC1. The molecule has 1 fully saturated rings. The maximum atomic E-state index is 12.3. The Morgan fingerprint density at radius 1 is 1.19 bits per heavy atom. The highest BCUT2D eigenvalue weighted by Crippen LogP contribution is 2.38. The summed E-state index contributed by atoms with van der Waals surface area (Å²) in [6, 6.07) is 8.96. The van der Waals surface area contributed by atoms with Gasteiger partial charge in [-0.3, -0.25) is 5.32 Å². The Morgan fingerprint density at radius 2 is 1.85 bits per heavy atom. The van der Waals surface area contributed by atoms with Crippen molar-refractivity contribution in [3.8, 4) is 17.6 Å². The summed E-state index contributed by atoms with van der Waals surface area (Å²) in [6.45, 7) is 1.23. The molecule has 6 nitrogen and oxygen atoms in total. The standard InChI is InChI=1S/C20H27NO5/c1-19(24,25)21-15-9-8-14-20(18(22)23,16-10-4-2-5-11-16)26-17-12-6-3-7-13-17/h3,6-7,12-13,16,21,24-25H,2,4-5,10-11,14-15H2,1H3,(H,22,23)/t20-/m0/s1. The summed E-state index contributed by atoms with van der Waals surface area (Å²) in [5, 5.41) is 30.9. The summed E-state index contributed by atoms with van der Waals surface area (Å²) < 4.78 is 6.03. The van der Waals surface area contributed by atoms with E-state index >= 15 is 0 Å². The first-order valence-corrected chi connectivity index (χ1v) is 8.96. The molecule has 1 atom stereocenters. The molecule has 142 valence electrons. The van der Waals surface area contributed by atoms with Crippen molar-refractivity contribution < 1.29 is 24.9 Å². The van der Waals surface area contributed by atoms with Crippen LogP contribution in [0.3, 0.4) is 0 Å². The summed E-state index contributed by atoms with van der Waals surface area (Å²) in [5.74, 6) is 2.99. The Kier molecular flexibility index (Phi) is 7.04. The van der Waals surface area contributed by atoms with Gasteiger partial charge in [-0.15, -0.1) is 0 Å². The molecule has 1 aliphatic carbocycles. The molecule has 1 aromatic rings. The van der Waals surface area contributed by atoms with E-state index < -0.39 is 17.5 Å². The van der Waals surface area contributed by atoms with E-state index in [9.17, 15) is 20.1 Å². The van der Waals surface area contributed by atoms with Crippen LogP contribution in [0.5, 0.6) is 5.75 Å². The van der Waals surface area contributed by atoms with Crippen molar-refractivity contribution in [3.05, 3.63) is 30.3 Å². The van der Waals surface area contributed by atoms with Gasteiger partial charge >= 0.3 is 5.97 Å². The van der Waals surface area contributed by atoms with Gasteiger partial charge in [-0.05, 0) is 25.0 Å². The molecule has 0 radical (unpaired) electrons. The van der Waals surface area contributed by atoms with Gasteiger partial charge in [0.1, 0.15) is 5.75 Å². The average Bonchev–Trinajstić information content (AvgIpc) is 2.61. The van der Waals surface area contributed by atoms with Gasteiger partial charge in [-0.25, -0.2) is 4.79 Å². The number of rotatable bonds is 7. The zero-order valence-corrected chi connectivity index (χ0v) is 15.1. The third-order valence-corrected chi connectivity index (χ3v) is 4.66. The minimum Gasteiger partial charge on any atom is -0.478 e. The summed E-state index contributed by atoms with van der Waals surface area (Å²) in [7, 11) is 0. The number of carbonyl (C=O) groups is 1. The Bertz CT molecular complexity index is 638. The molecule has 26 heavy (non-hydrogen) atoms. The Hall–Kier alpha value is -2.07. The van der Waals surface area contributed by atoms with Crippen molar-refractivity contribution in [1.82, 2.24) is 5.32 Å². The van der Waals surface area contributed by atoms with E-state index in [0.29, 0.717) is 5.75 Å². The third kappa shape index (κ3) is 5.73. The predicted octanol–water partition coefficient (Wildman–Crippen LogP) is 2.11. The van der Waals surface area contributed by atoms with Gasteiger partial charge < -0.3 is 20.1 Å². The average molecular weight is 361 g/mol. The second kappa shape index (κ2) is 9.04. The van der Waals surface area contributed by atoms with Crippen LogP contribution in [-0.4, -0.2) is 39.3 Å². The van der Waals surface area contributed by atoms with Crippen molar-refractivity contribution in [3.63, 3.8) is 0 Å². The minimum atomic E-state index is -2.01. The number of para-hydroxylation sites is 1. The normalized spacial score (nSPS) is 17.7. The molecule has 0 saturated heterocycles. The fourth-order valence-corrected chi connectivity index (χ4v) is 3.29. The topological polar surface area (TPSA) is 99.0 Å². The van der Waals surface area contributed by atoms with E-state index in [4.69, 9.17) is 4.74 Å². The van der Waals surface area contributed by atoms with E-state index in [1.165, 1.54) is 6.92 Å². The molecule has 1 aromatic carbocycles. The molecular formula is C20H27NO5. The first kappa shape index (κ1) is 20.2. The lowest BCUT2D eigenvalue weighted by molar-refractivity contribution is -0.167. The van der Waals surface area contributed by atoms with Crippen molar-refractivity contribution in [2.75, 3.05) is 6.54 Å². The minimum absolute atomic E-state index is 0.0369. The summed E-state index contributed by atoms with van der Waals surface area (Å²) in [5.41, 5.74) is -1.41. The predicted molar refractivity (Wildman–Crippen MR) is 97.3 cm³/mol. The Balaban J connectivity index is 2.21. The van der Waals surface area contributed by atoms with Crippen LogP contribution < -0.4 is 10.1 Å². The molecule has 0 heterocycles. The maximum Gasteiger partial charge on any atom is 0.349 e. The number of aliphatic carboxylic acids is 1. The number of carboxylic acid groups (broad SMARTS) is 1. The third-order valence-electron chi connectivity index (χ3n) is 4.66. The van der Waals surface area contributed by atoms with Crippen LogP contribution in [0.2, 0.25) is 0 Å². The second-order valence-corrected chi connectivity index (χ2v) is 6.85. The number of benzene rings is 1. The maximum absolute atomic E-state index is 12.3. The fraction of sp³-hybridized carbons (Fsp3) is 0.550. The van der Waals surface area contributed by atoms with Crippen LogP contribution in [0.4, 0.5) is 0 Å². The van der Waals surface area contributed by atoms with Gasteiger partial charge in [0.05, 0.1) is 13.0 Å². The highest BCUT2D eigenvalue weighted by Gasteiger charge is 2.48. The molecule has 0 amide bonds. The first-order chi connectivity index (χ1) is 12.3. The number of hydrogen-bond donors (Lipinski definition) is 4. The van der Waals surface area contributed by atoms with E-state index in [0.717, 1.165) is 32.1 Å². The van der Waals surface area contributed by atoms with Gasteiger partial charge in [0.2, 0.25) is 11.5 Å². The highest BCUT2D eigenvalue weighted by molar-refractivity contribution is 5.79. The van der Waals surface area contributed by atoms with E-state index in [-0.39, 0.29) is 18.9 Å². The number of hydrogen-bond acceptors (Lipinski definition) is 5. The molecule has 0 unspecified atom stereocenters.